The van der Waals surface area contributed by atoms with Crippen LogP contribution in [0.2, 0.25) is 0 Å². The summed E-state index contributed by atoms with van der Waals surface area (Å²) in [7, 11) is 0. The quantitative estimate of drug-likeness (QED) is 0.844. The Morgan fingerprint density at radius 1 is 1.35 bits per heavy atom. The first-order chi connectivity index (χ1) is 9.72. The molecule has 3 heteroatoms. The minimum atomic E-state index is 0.339. The fraction of sp³-hybridized carbons (Fsp3) is 0.588. The van der Waals surface area contributed by atoms with E-state index >= 15 is 0 Å². The Morgan fingerprint density at radius 2 is 2.20 bits per heavy atom. The van der Waals surface area contributed by atoms with Crippen LogP contribution in [0.3, 0.4) is 0 Å². The molecule has 1 heterocycles. The first-order valence-electron chi connectivity index (χ1n) is 7.70. The second-order valence-corrected chi connectivity index (χ2v) is 6.19. The molecule has 0 aromatic heterocycles. The van der Waals surface area contributed by atoms with E-state index in [0.717, 1.165) is 44.7 Å². The van der Waals surface area contributed by atoms with Crippen molar-refractivity contribution in [3.8, 4) is 5.75 Å². The summed E-state index contributed by atoms with van der Waals surface area (Å²) in [5, 5.41) is 0. The van der Waals surface area contributed by atoms with Gasteiger partial charge in [0.1, 0.15) is 5.75 Å². The van der Waals surface area contributed by atoms with E-state index in [2.05, 4.69) is 24.0 Å². The van der Waals surface area contributed by atoms with Gasteiger partial charge < -0.3 is 9.64 Å². The standard InChI is InChI=1S/C17H23NO2/c1-13-4-2-6-16(10-13)20-12-14-5-3-9-18(11-14)17(19)15-7-8-15/h2,4,6,10,14-15H,3,5,7-9,11-12H2,1H3. The van der Waals surface area contributed by atoms with Crippen LogP contribution < -0.4 is 4.74 Å². The number of carbonyl (C=O) groups is 1. The predicted molar refractivity (Wildman–Crippen MR) is 78.7 cm³/mol. The Bertz CT molecular complexity index is 482. The molecule has 1 aliphatic carbocycles. The Kier molecular flexibility index (Phi) is 3.95. The molecule has 1 atom stereocenters. The third kappa shape index (κ3) is 3.33. The third-order valence-corrected chi connectivity index (χ3v) is 4.23. The van der Waals surface area contributed by atoms with E-state index in [1.807, 2.05) is 12.1 Å². The van der Waals surface area contributed by atoms with E-state index in [-0.39, 0.29) is 0 Å². The van der Waals surface area contributed by atoms with Gasteiger partial charge in [-0.3, -0.25) is 4.79 Å². The molecular weight excluding hydrogens is 250 g/mol. The minimum Gasteiger partial charge on any atom is -0.493 e. The SMILES string of the molecule is Cc1cccc(OCC2CCCN(C(=O)C3CC3)C2)c1. The lowest BCUT2D eigenvalue weighted by Crippen LogP contribution is -2.42. The van der Waals surface area contributed by atoms with Crippen molar-refractivity contribution >= 4 is 5.91 Å². The summed E-state index contributed by atoms with van der Waals surface area (Å²) in [6.45, 7) is 4.61. The van der Waals surface area contributed by atoms with Gasteiger partial charge in [0.2, 0.25) is 5.91 Å². The van der Waals surface area contributed by atoms with Gasteiger partial charge in [-0.15, -0.1) is 0 Å². The predicted octanol–water partition coefficient (Wildman–Crippen LogP) is 3.02. The molecule has 2 fully saturated rings. The average Bonchev–Trinajstić information content (AvgIpc) is 3.29. The van der Waals surface area contributed by atoms with E-state index in [4.69, 9.17) is 4.74 Å². The van der Waals surface area contributed by atoms with Crippen LogP contribution in [-0.4, -0.2) is 30.5 Å². The summed E-state index contributed by atoms with van der Waals surface area (Å²) < 4.78 is 5.89. The fourth-order valence-electron chi connectivity index (χ4n) is 2.91. The largest absolute Gasteiger partial charge is 0.493 e. The molecule has 1 aromatic carbocycles. The zero-order chi connectivity index (χ0) is 13.9. The molecule has 0 spiro atoms. The van der Waals surface area contributed by atoms with Gasteiger partial charge in [0.25, 0.3) is 0 Å². The summed E-state index contributed by atoms with van der Waals surface area (Å²) in [6.07, 6.45) is 4.47. The summed E-state index contributed by atoms with van der Waals surface area (Å²) >= 11 is 0. The monoisotopic (exact) mass is 273 g/mol. The van der Waals surface area contributed by atoms with E-state index < -0.39 is 0 Å². The van der Waals surface area contributed by atoms with Gasteiger partial charge in [-0.1, -0.05) is 12.1 Å². The molecule has 3 nitrogen and oxygen atoms in total. The van der Waals surface area contributed by atoms with Crippen LogP contribution in [0.1, 0.15) is 31.2 Å². The number of nitrogens with zero attached hydrogens (tertiary/aromatic N) is 1. The molecule has 1 amide bonds. The third-order valence-electron chi connectivity index (χ3n) is 4.23. The topological polar surface area (TPSA) is 29.5 Å². The maximum Gasteiger partial charge on any atom is 0.225 e. The molecule has 108 valence electrons. The zero-order valence-corrected chi connectivity index (χ0v) is 12.2. The van der Waals surface area contributed by atoms with Crippen molar-refractivity contribution in [2.45, 2.75) is 32.6 Å². The van der Waals surface area contributed by atoms with Crippen LogP contribution in [-0.2, 0) is 4.79 Å². The van der Waals surface area contributed by atoms with Crippen LogP contribution in [0.25, 0.3) is 0 Å². The van der Waals surface area contributed by atoms with Gasteiger partial charge in [-0.05, 0) is 50.3 Å². The summed E-state index contributed by atoms with van der Waals surface area (Å²) in [5.74, 6) is 2.14. The fourth-order valence-corrected chi connectivity index (χ4v) is 2.91. The molecule has 0 bridgehead atoms. The molecule has 3 rings (SSSR count). The lowest BCUT2D eigenvalue weighted by molar-refractivity contribution is -0.134. The Hall–Kier alpha value is -1.51. The van der Waals surface area contributed by atoms with Gasteiger partial charge in [-0.2, -0.15) is 0 Å². The van der Waals surface area contributed by atoms with Gasteiger partial charge in [0, 0.05) is 24.9 Å². The first kappa shape index (κ1) is 13.5. The molecule has 1 saturated heterocycles. The first-order valence-corrected chi connectivity index (χ1v) is 7.70. The molecule has 2 aliphatic rings. The highest BCUT2D eigenvalue weighted by molar-refractivity contribution is 5.81. The zero-order valence-electron chi connectivity index (χ0n) is 12.2. The molecule has 1 aliphatic heterocycles. The smallest absolute Gasteiger partial charge is 0.225 e. The second-order valence-electron chi connectivity index (χ2n) is 6.19. The van der Waals surface area contributed by atoms with E-state index in [0.29, 0.717) is 17.7 Å². The van der Waals surface area contributed by atoms with Crippen molar-refractivity contribution < 1.29 is 9.53 Å². The Morgan fingerprint density at radius 3 is 2.95 bits per heavy atom. The summed E-state index contributed by atoms with van der Waals surface area (Å²) in [5.41, 5.74) is 1.22. The van der Waals surface area contributed by atoms with Crippen molar-refractivity contribution in [3.63, 3.8) is 0 Å². The lowest BCUT2D eigenvalue weighted by Gasteiger charge is -2.32. The van der Waals surface area contributed by atoms with Gasteiger partial charge >= 0.3 is 0 Å². The summed E-state index contributed by atoms with van der Waals surface area (Å²) in [4.78, 5) is 14.2. The van der Waals surface area contributed by atoms with E-state index in [1.54, 1.807) is 0 Å². The van der Waals surface area contributed by atoms with E-state index in [1.165, 1.54) is 12.0 Å². The minimum absolute atomic E-state index is 0.339. The highest BCUT2D eigenvalue weighted by Crippen LogP contribution is 2.32. The average molecular weight is 273 g/mol. The molecule has 1 saturated carbocycles. The van der Waals surface area contributed by atoms with Gasteiger partial charge in [0.05, 0.1) is 6.61 Å². The van der Waals surface area contributed by atoms with Crippen molar-refractivity contribution in [1.29, 1.82) is 0 Å². The molecule has 1 aromatic rings. The highest BCUT2D eigenvalue weighted by atomic mass is 16.5. The van der Waals surface area contributed by atoms with E-state index in [9.17, 15) is 4.79 Å². The number of ether oxygens (including phenoxy) is 1. The summed E-state index contributed by atoms with van der Waals surface area (Å²) in [6, 6.07) is 8.16. The number of rotatable bonds is 4. The molecule has 1 unspecified atom stereocenters. The number of benzene rings is 1. The van der Waals surface area contributed by atoms with Crippen LogP contribution in [0.5, 0.6) is 5.75 Å². The van der Waals surface area contributed by atoms with Crippen molar-refractivity contribution in [3.05, 3.63) is 29.8 Å². The van der Waals surface area contributed by atoms with Crippen LogP contribution in [0, 0.1) is 18.8 Å². The van der Waals surface area contributed by atoms with Crippen LogP contribution in [0.4, 0.5) is 0 Å². The number of likely N-dealkylation sites (tertiary alicyclic amines) is 1. The van der Waals surface area contributed by atoms with Crippen molar-refractivity contribution in [2.24, 2.45) is 11.8 Å². The molecular formula is C17H23NO2. The number of aryl methyl sites for hydroxylation is 1. The molecule has 0 N–H and O–H groups in total. The van der Waals surface area contributed by atoms with Crippen LogP contribution in [0.15, 0.2) is 24.3 Å². The number of hydrogen-bond donors (Lipinski definition) is 0. The number of amides is 1. The molecule has 20 heavy (non-hydrogen) atoms. The maximum absolute atomic E-state index is 12.1. The maximum atomic E-state index is 12.1. The number of hydrogen-bond acceptors (Lipinski definition) is 2. The van der Waals surface area contributed by atoms with Crippen molar-refractivity contribution in [1.82, 2.24) is 4.90 Å². The molecule has 0 radical (unpaired) electrons. The van der Waals surface area contributed by atoms with Gasteiger partial charge in [-0.25, -0.2) is 0 Å². The Labute approximate surface area is 120 Å². The number of carbonyl (C=O) groups excluding carboxylic acids is 1. The van der Waals surface area contributed by atoms with Crippen LogP contribution >= 0.6 is 0 Å². The second kappa shape index (κ2) is 5.86. The van der Waals surface area contributed by atoms with Gasteiger partial charge in [0.15, 0.2) is 0 Å². The Balaban J connectivity index is 1.51. The normalized spacial score (nSPS) is 22.6. The van der Waals surface area contributed by atoms with Crippen molar-refractivity contribution in [2.75, 3.05) is 19.7 Å². The highest BCUT2D eigenvalue weighted by Gasteiger charge is 2.35. The lowest BCUT2D eigenvalue weighted by atomic mass is 9.98. The number of piperidine rings is 1.